The van der Waals surface area contributed by atoms with Gasteiger partial charge >= 0.3 is 0 Å². The molecule has 1 amide bonds. The Morgan fingerprint density at radius 2 is 1.93 bits per heavy atom. The van der Waals surface area contributed by atoms with E-state index in [0.717, 1.165) is 34.3 Å². The number of carbonyl (C=O) groups excluding carboxylic acids is 1. The molecule has 148 valence electrons. The van der Waals surface area contributed by atoms with Gasteiger partial charge in [0.15, 0.2) is 5.82 Å². The van der Waals surface area contributed by atoms with Gasteiger partial charge in [-0.3, -0.25) is 9.89 Å². The Hall–Kier alpha value is -2.74. The van der Waals surface area contributed by atoms with Crippen LogP contribution in [0.3, 0.4) is 0 Å². The van der Waals surface area contributed by atoms with E-state index in [9.17, 15) is 4.79 Å². The summed E-state index contributed by atoms with van der Waals surface area (Å²) in [6.45, 7) is 8.46. The van der Waals surface area contributed by atoms with Gasteiger partial charge in [0, 0.05) is 12.0 Å². The molecule has 28 heavy (non-hydrogen) atoms. The zero-order valence-corrected chi connectivity index (χ0v) is 17.4. The highest BCUT2D eigenvalue weighted by molar-refractivity contribution is 7.17. The van der Waals surface area contributed by atoms with E-state index in [1.807, 2.05) is 52.0 Å². The van der Waals surface area contributed by atoms with Crippen molar-refractivity contribution in [3.05, 3.63) is 46.5 Å². The zero-order chi connectivity index (χ0) is 20.1. The van der Waals surface area contributed by atoms with Crippen LogP contribution < -0.4 is 10.1 Å². The van der Waals surface area contributed by atoms with Gasteiger partial charge in [0.25, 0.3) is 5.91 Å². The predicted octanol–water partition coefficient (Wildman–Crippen LogP) is 3.94. The second-order valence-corrected chi connectivity index (χ2v) is 7.29. The SMILES string of the molecule is CCOc1ccc(-c2nc(CC)c(C(=O)NC(C)c3n[nH]c(CC)n3)s2)cc1. The fraction of sp³-hybridized carbons (Fsp3) is 0.400. The molecule has 2 N–H and O–H groups in total. The first-order valence-corrected chi connectivity index (χ1v) is 10.3. The van der Waals surface area contributed by atoms with Crippen LogP contribution in [0.1, 0.15) is 60.8 Å². The Bertz CT molecular complexity index is 932. The molecule has 0 saturated heterocycles. The molecular weight excluding hydrogens is 374 g/mol. The maximum Gasteiger partial charge on any atom is 0.263 e. The number of carbonyl (C=O) groups is 1. The minimum atomic E-state index is -0.287. The van der Waals surface area contributed by atoms with Gasteiger partial charge in [-0.15, -0.1) is 11.3 Å². The molecule has 2 aromatic heterocycles. The van der Waals surface area contributed by atoms with E-state index in [1.54, 1.807) is 0 Å². The van der Waals surface area contributed by atoms with E-state index < -0.39 is 0 Å². The Balaban J connectivity index is 1.78. The Kier molecular flexibility index (Phi) is 6.41. The van der Waals surface area contributed by atoms with Crippen molar-refractivity contribution in [2.75, 3.05) is 6.61 Å². The lowest BCUT2D eigenvalue weighted by Gasteiger charge is -2.09. The van der Waals surface area contributed by atoms with Gasteiger partial charge in [-0.05, 0) is 44.5 Å². The first-order valence-electron chi connectivity index (χ1n) is 9.50. The number of thiazole rings is 1. The highest BCUT2D eigenvalue weighted by atomic mass is 32.1. The van der Waals surface area contributed by atoms with Crippen LogP contribution in [0, 0.1) is 0 Å². The third-order valence-corrected chi connectivity index (χ3v) is 5.42. The van der Waals surface area contributed by atoms with E-state index in [-0.39, 0.29) is 11.9 Å². The number of benzene rings is 1. The minimum absolute atomic E-state index is 0.151. The van der Waals surface area contributed by atoms with Crippen molar-refractivity contribution < 1.29 is 9.53 Å². The number of aromatic amines is 1. The standard InChI is InChI=1S/C20H25N5O2S/c1-5-15-17(19(26)21-12(4)18-23-16(6-2)24-25-18)28-20(22-15)13-8-10-14(11-9-13)27-7-3/h8-12H,5-7H2,1-4H3,(H,21,26)(H,23,24,25). The molecule has 0 bridgehead atoms. The molecule has 0 saturated carbocycles. The van der Waals surface area contributed by atoms with Crippen molar-refractivity contribution >= 4 is 17.2 Å². The summed E-state index contributed by atoms with van der Waals surface area (Å²) in [4.78, 5) is 22.5. The lowest BCUT2D eigenvalue weighted by Crippen LogP contribution is -2.27. The molecule has 3 aromatic rings. The summed E-state index contributed by atoms with van der Waals surface area (Å²) >= 11 is 1.40. The van der Waals surface area contributed by atoms with E-state index in [1.165, 1.54) is 11.3 Å². The average molecular weight is 400 g/mol. The van der Waals surface area contributed by atoms with Crippen LogP contribution in [0.4, 0.5) is 0 Å². The number of amides is 1. The number of rotatable bonds is 8. The molecule has 8 heteroatoms. The van der Waals surface area contributed by atoms with Gasteiger partial charge in [0.1, 0.15) is 21.5 Å². The maximum absolute atomic E-state index is 12.8. The predicted molar refractivity (Wildman–Crippen MR) is 110 cm³/mol. The van der Waals surface area contributed by atoms with Crippen molar-refractivity contribution in [2.24, 2.45) is 0 Å². The molecule has 1 aromatic carbocycles. The molecule has 1 atom stereocenters. The number of nitrogens with zero attached hydrogens (tertiary/aromatic N) is 3. The van der Waals surface area contributed by atoms with Crippen LogP contribution >= 0.6 is 11.3 Å². The van der Waals surface area contributed by atoms with Crippen molar-refractivity contribution in [3.8, 4) is 16.3 Å². The number of hydrogen-bond acceptors (Lipinski definition) is 6. The quantitative estimate of drug-likeness (QED) is 0.598. The van der Waals surface area contributed by atoms with Crippen LogP contribution in [0.2, 0.25) is 0 Å². The molecule has 1 unspecified atom stereocenters. The first-order chi connectivity index (χ1) is 13.5. The second kappa shape index (κ2) is 8.97. The summed E-state index contributed by atoms with van der Waals surface area (Å²) in [5.41, 5.74) is 1.76. The molecule has 0 aliphatic rings. The largest absolute Gasteiger partial charge is 0.494 e. The number of nitrogens with one attached hydrogen (secondary N) is 2. The maximum atomic E-state index is 12.8. The Morgan fingerprint density at radius 1 is 1.18 bits per heavy atom. The number of H-pyrrole nitrogens is 1. The highest BCUT2D eigenvalue weighted by Gasteiger charge is 2.21. The van der Waals surface area contributed by atoms with Crippen LogP contribution in [0.25, 0.3) is 10.6 Å². The fourth-order valence-corrected chi connectivity index (χ4v) is 3.80. The van der Waals surface area contributed by atoms with Gasteiger partial charge in [0.05, 0.1) is 18.3 Å². The van der Waals surface area contributed by atoms with Gasteiger partial charge in [-0.25, -0.2) is 9.97 Å². The summed E-state index contributed by atoms with van der Waals surface area (Å²) < 4.78 is 5.49. The third-order valence-electron chi connectivity index (χ3n) is 4.27. The summed E-state index contributed by atoms with van der Waals surface area (Å²) in [7, 11) is 0. The monoisotopic (exact) mass is 399 g/mol. The highest BCUT2D eigenvalue weighted by Crippen LogP contribution is 2.30. The number of aromatic nitrogens is 4. The van der Waals surface area contributed by atoms with Crippen LogP contribution in [-0.2, 0) is 12.8 Å². The third kappa shape index (κ3) is 4.39. The van der Waals surface area contributed by atoms with Crippen LogP contribution in [0.15, 0.2) is 24.3 Å². The second-order valence-electron chi connectivity index (χ2n) is 6.29. The lowest BCUT2D eigenvalue weighted by atomic mass is 10.2. The van der Waals surface area contributed by atoms with Crippen molar-refractivity contribution in [3.63, 3.8) is 0 Å². The van der Waals surface area contributed by atoms with Gasteiger partial charge < -0.3 is 10.1 Å². The number of aryl methyl sites for hydroxylation is 2. The fourth-order valence-electron chi connectivity index (χ4n) is 2.74. The average Bonchev–Trinajstić information content (AvgIpc) is 3.36. The Morgan fingerprint density at radius 3 is 2.54 bits per heavy atom. The summed E-state index contributed by atoms with van der Waals surface area (Å²) in [5.74, 6) is 2.06. The Labute approximate surface area is 168 Å². The molecule has 0 aliphatic heterocycles. The van der Waals surface area contributed by atoms with E-state index in [0.29, 0.717) is 23.7 Å². The molecule has 3 rings (SSSR count). The minimum Gasteiger partial charge on any atom is -0.494 e. The number of hydrogen-bond donors (Lipinski definition) is 2. The van der Waals surface area contributed by atoms with Gasteiger partial charge in [-0.2, -0.15) is 5.10 Å². The molecular formula is C20H25N5O2S. The van der Waals surface area contributed by atoms with Gasteiger partial charge in [0.2, 0.25) is 0 Å². The summed E-state index contributed by atoms with van der Waals surface area (Å²) in [6, 6.07) is 7.48. The van der Waals surface area contributed by atoms with E-state index in [4.69, 9.17) is 4.74 Å². The van der Waals surface area contributed by atoms with E-state index in [2.05, 4.69) is 25.5 Å². The number of ether oxygens (including phenoxy) is 1. The summed E-state index contributed by atoms with van der Waals surface area (Å²) in [6.07, 6.45) is 1.46. The summed E-state index contributed by atoms with van der Waals surface area (Å²) in [5, 5.41) is 10.9. The van der Waals surface area contributed by atoms with Crippen LogP contribution in [0.5, 0.6) is 5.75 Å². The molecule has 0 spiro atoms. The van der Waals surface area contributed by atoms with Crippen molar-refractivity contribution in [1.82, 2.24) is 25.5 Å². The topological polar surface area (TPSA) is 92.8 Å². The molecule has 0 aliphatic carbocycles. The lowest BCUT2D eigenvalue weighted by molar-refractivity contribution is 0.0941. The first kappa shape index (κ1) is 20.0. The van der Waals surface area contributed by atoms with Gasteiger partial charge in [-0.1, -0.05) is 13.8 Å². The molecule has 0 fully saturated rings. The smallest absolute Gasteiger partial charge is 0.263 e. The molecule has 0 radical (unpaired) electrons. The molecule has 7 nitrogen and oxygen atoms in total. The van der Waals surface area contributed by atoms with Crippen molar-refractivity contribution in [1.29, 1.82) is 0 Å². The van der Waals surface area contributed by atoms with Crippen molar-refractivity contribution in [2.45, 2.75) is 46.6 Å². The van der Waals surface area contributed by atoms with E-state index >= 15 is 0 Å². The zero-order valence-electron chi connectivity index (χ0n) is 16.6. The molecule has 2 heterocycles. The normalized spacial score (nSPS) is 12.0. The van der Waals surface area contributed by atoms with Crippen LogP contribution in [-0.4, -0.2) is 32.7 Å².